The van der Waals surface area contributed by atoms with Crippen molar-refractivity contribution in [2.45, 2.75) is 32.2 Å². The van der Waals surface area contributed by atoms with Gasteiger partial charge in [-0.25, -0.2) is 0 Å². The minimum atomic E-state index is -0.0833. The zero-order valence-electron chi connectivity index (χ0n) is 14.1. The molecule has 2 fully saturated rings. The number of imide groups is 1. The van der Waals surface area contributed by atoms with E-state index in [2.05, 4.69) is 15.9 Å². The summed E-state index contributed by atoms with van der Waals surface area (Å²) in [7, 11) is 3.56. The summed E-state index contributed by atoms with van der Waals surface area (Å²) in [6.07, 6.45) is 3.82. The van der Waals surface area contributed by atoms with Crippen molar-refractivity contribution in [2.75, 3.05) is 20.8 Å². The smallest absolute Gasteiger partial charge is 0.234 e. The van der Waals surface area contributed by atoms with Crippen LogP contribution in [0.5, 0.6) is 5.75 Å². The molecule has 1 saturated carbocycles. The van der Waals surface area contributed by atoms with E-state index in [4.69, 9.17) is 4.74 Å². The predicted molar refractivity (Wildman–Crippen MR) is 94.3 cm³/mol. The second-order valence-electron chi connectivity index (χ2n) is 6.71. The van der Waals surface area contributed by atoms with Gasteiger partial charge in [-0.3, -0.25) is 19.4 Å². The maximum Gasteiger partial charge on any atom is 0.234 e. The van der Waals surface area contributed by atoms with Gasteiger partial charge < -0.3 is 4.74 Å². The van der Waals surface area contributed by atoms with Crippen molar-refractivity contribution < 1.29 is 14.3 Å². The van der Waals surface area contributed by atoms with Crippen molar-refractivity contribution in [3.63, 3.8) is 0 Å². The molecule has 2 atom stereocenters. The van der Waals surface area contributed by atoms with Crippen molar-refractivity contribution in [2.24, 2.45) is 11.8 Å². The zero-order valence-corrected chi connectivity index (χ0v) is 15.7. The van der Waals surface area contributed by atoms with Crippen LogP contribution in [0, 0.1) is 11.8 Å². The maximum atomic E-state index is 12.6. The number of methoxy groups -OCH3 is 1. The number of rotatable bonds is 5. The molecule has 1 aromatic rings. The minimum Gasteiger partial charge on any atom is -0.496 e. The summed E-state index contributed by atoms with van der Waals surface area (Å²) < 4.78 is 6.37. The summed E-state index contributed by atoms with van der Waals surface area (Å²) in [6.45, 7) is 0.940. The molecular formula is C18H23BrN2O3. The fourth-order valence-corrected chi connectivity index (χ4v) is 4.23. The van der Waals surface area contributed by atoms with E-state index in [0.717, 1.165) is 41.5 Å². The van der Waals surface area contributed by atoms with Gasteiger partial charge in [0.1, 0.15) is 5.75 Å². The fourth-order valence-electron chi connectivity index (χ4n) is 3.82. The Balaban J connectivity index is 1.69. The first-order valence-corrected chi connectivity index (χ1v) is 9.16. The largest absolute Gasteiger partial charge is 0.496 e. The summed E-state index contributed by atoms with van der Waals surface area (Å²) in [6, 6.07) is 5.84. The van der Waals surface area contributed by atoms with Crippen LogP contribution in [0.15, 0.2) is 22.7 Å². The Morgan fingerprint density at radius 1 is 1.21 bits per heavy atom. The van der Waals surface area contributed by atoms with Crippen LogP contribution in [-0.2, 0) is 16.1 Å². The molecule has 2 amide bonds. The third-order valence-electron chi connectivity index (χ3n) is 5.00. The van der Waals surface area contributed by atoms with Gasteiger partial charge in [0.25, 0.3) is 0 Å². The van der Waals surface area contributed by atoms with Gasteiger partial charge in [0.05, 0.1) is 25.6 Å². The van der Waals surface area contributed by atoms with E-state index in [-0.39, 0.29) is 23.7 Å². The third-order valence-corrected chi connectivity index (χ3v) is 5.49. The number of carbonyl (C=O) groups excluding carboxylic acids is 2. The molecule has 6 heteroatoms. The van der Waals surface area contributed by atoms with E-state index >= 15 is 0 Å². The predicted octanol–water partition coefficient (Wildman–Crippen LogP) is 3.02. The molecule has 1 aliphatic heterocycles. The highest BCUT2D eigenvalue weighted by Crippen LogP contribution is 2.38. The Morgan fingerprint density at radius 3 is 2.42 bits per heavy atom. The number of hydrogen-bond donors (Lipinski definition) is 0. The van der Waals surface area contributed by atoms with Crippen LogP contribution in [0.4, 0.5) is 0 Å². The monoisotopic (exact) mass is 394 g/mol. The number of ether oxygens (including phenoxy) is 1. The molecule has 130 valence electrons. The highest BCUT2D eigenvalue weighted by Gasteiger charge is 2.48. The first kappa shape index (κ1) is 17.4. The number of amides is 2. The van der Waals surface area contributed by atoms with Gasteiger partial charge in [-0.15, -0.1) is 0 Å². The van der Waals surface area contributed by atoms with E-state index in [1.807, 2.05) is 30.1 Å². The van der Waals surface area contributed by atoms with Crippen LogP contribution >= 0.6 is 15.9 Å². The van der Waals surface area contributed by atoms with Gasteiger partial charge in [0.15, 0.2) is 0 Å². The SMILES string of the molecule is COc1ccc(Br)cc1CN(C)CN1C(=O)[C@H]2CCCC[C@H]2C1=O. The van der Waals surface area contributed by atoms with Crippen LogP contribution in [0.2, 0.25) is 0 Å². The van der Waals surface area contributed by atoms with E-state index < -0.39 is 0 Å². The second kappa shape index (κ2) is 7.23. The number of benzene rings is 1. The number of likely N-dealkylation sites (tertiary alicyclic amines) is 1. The Morgan fingerprint density at radius 2 is 1.83 bits per heavy atom. The van der Waals surface area contributed by atoms with Crippen LogP contribution in [0.3, 0.4) is 0 Å². The summed E-state index contributed by atoms with van der Waals surface area (Å²) in [5, 5.41) is 0. The van der Waals surface area contributed by atoms with E-state index in [0.29, 0.717) is 13.2 Å². The lowest BCUT2D eigenvalue weighted by atomic mass is 9.81. The minimum absolute atomic E-state index is 0.0118. The Hall–Kier alpha value is -1.40. The number of nitrogens with zero attached hydrogens (tertiary/aromatic N) is 2. The second-order valence-corrected chi connectivity index (χ2v) is 7.63. The first-order chi connectivity index (χ1) is 11.5. The number of hydrogen-bond acceptors (Lipinski definition) is 4. The molecule has 0 radical (unpaired) electrons. The molecule has 0 N–H and O–H groups in total. The standard InChI is InChI=1S/C18H23BrN2O3/c1-20(10-12-9-13(19)7-8-16(12)24-2)11-21-17(22)14-5-3-4-6-15(14)18(21)23/h7-9,14-15H,3-6,10-11H2,1-2H3/t14-,15+. The zero-order chi connectivity index (χ0) is 17.3. The van der Waals surface area contributed by atoms with Crippen LogP contribution in [0.1, 0.15) is 31.2 Å². The quantitative estimate of drug-likeness (QED) is 0.720. The van der Waals surface area contributed by atoms with Gasteiger partial charge >= 0.3 is 0 Å². The van der Waals surface area contributed by atoms with Gasteiger partial charge in [0.2, 0.25) is 11.8 Å². The van der Waals surface area contributed by atoms with E-state index in [1.165, 1.54) is 4.90 Å². The first-order valence-electron chi connectivity index (χ1n) is 8.37. The summed E-state index contributed by atoms with van der Waals surface area (Å²) >= 11 is 3.47. The molecule has 1 aromatic carbocycles. The molecule has 1 saturated heterocycles. The Bertz CT molecular complexity index is 625. The molecule has 24 heavy (non-hydrogen) atoms. The lowest BCUT2D eigenvalue weighted by Crippen LogP contribution is -2.40. The lowest BCUT2D eigenvalue weighted by Gasteiger charge is -2.24. The van der Waals surface area contributed by atoms with Crippen molar-refractivity contribution >= 4 is 27.7 Å². The number of fused-ring (bicyclic) bond motifs is 1. The highest BCUT2D eigenvalue weighted by molar-refractivity contribution is 9.10. The van der Waals surface area contributed by atoms with E-state index in [9.17, 15) is 9.59 Å². The number of halogens is 1. The third kappa shape index (κ3) is 3.35. The molecule has 1 aliphatic carbocycles. The highest BCUT2D eigenvalue weighted by atomic mass is 79.9. The summed E-state index contributed by atoms with van der Waals surface area (Å²) in [5.74, 6) is 0.661. The molecule has 0 spiro atoms. The molecular weight excluding hydrogens is 372 g/mol. The lowest BCUT2D eigenvalue weighted by molar-refractivity contribution is -0.142. The van der Waals surface area contributed by atoms with Crippen molar-refractivity contribution in [3.05, 3.63) is 28.2 Å². The average molecular weight is 395 g/mol. The van der Waals surface area contributed by atoms with Crippen LogP contribution in [0.25, 0.3) is 0 Å². The fraction of sp³-hybridized carbons (Fsp3) is 0.556. The summed E-state index contributed by atoms with van der Waals surface area (Å²) in [4.78, 5) is 28.6. The van der Waals surface area contributed by atoms with Crippen LogP contribution in [-0.4, -0.2) is 42.4 Å². The molecule has 2 aliphatic rings. The van der Waals surface area contributed by atoms with Gasteiger partial charge in [-0.2, -0.15) is 0 Å². The normalized spacial score (nSPS) is 23.8. The van der Waals surface area contributed by atoms with Crippen molar-refractivity contribution in [1.82, 2.24) is 9.80 Å². The topological polar surface area (TPSA) is 49.9 Å². The molecule has 0 bridgehead atoms. The average Bonchev–Trinajstić information content (AvgIpc) is 2.80. The van der Waals surface area contributed by atoms with Crippen molar-refractivity contribution in [1.29, 1.82) is 0 Å². The molecule has 3 rings (SSSR count). The van der Waals surface area contributed by atoms with Crippen molar-refractivity contribution in [3.8, 4) is 5.75 Å². The molecule has 0 aromatic heterocycles. The van der Waals surface area contributed by atoms with Gasteiger partial charge in [-0.05, 0) is 38.1 Å². The number of carbonyl (C=O) groups is 2. The molecule has 5 nitrogen and oxygen atoms in total. The van der Waals surface area contributed by atoms with E-state index in [1.54, 1.807) is 7.11 Å². The molecule has 0 unspecified atom stereocenters. The Kier molecular flexibility index (Phi) is 5.25. The Labute approximate surface area is 151 Å². The van der Waals surface area contributed by atoms with Gasteiger partial charge in [-0.1, -0.05) is 28.8 Å². The van der Waals surface area contributed by atoms with Crippen LogP contribution < -0.4 is 4.74 Å². The summed E-state index contributed by atoms with van der Waals surface area (Å²) in [5.41, 5.74) is 1.02. The maximum absolute atomic E-state index is 12.6. The molecule has 1 heterocycles. The van der Waals surface area contributed by atoms with Gasteiger partial charge in [0, 0.05) is 16.6 Å².